The van der Waals surface area contributed by atoms with E-state index in [0.717, 1.165) is 45.0 Å². The van der Waals surface area contributed by atoms with Crippen molar-refractivity contribution in [3.05, 3.63) is 59.3 Å². The van der Waals surface area contributed by atoms with Crippen LogP contribution in [0.2, 0.25) is 0 Å². The smallest absolute Gasteiger partial charge is 0.251 e. The molecule has 0 aliphatic carbocycles. The molecule has 0 saturated carbocycles. The number of nitrogens with two attached hydrogens (primary N) is 1. The highest BCUT2D eigenvalue weighted by molar-refractivity contribution is 7.23. The number of hydrogen-bond donors (Lipinski definition) is 2. The molecule has 172 valence electrons. The van der Waals surface area contributed by atoms with Gasteiger partial charge in [0.2, 0.25) is 0 Å². The van der Waals surface area contributed by atoms with Crippen LogP contribution in [-0.4, -0.2) is 46.4 Å². The number of aromatic nitrogens is 2. The van der Waals surface area contributed by atoms with Crippen LogP contribution >= 0.6 is 11.3 Å². The summed E-state index contributed by atoms with van der Waals surface area (Å²) in [4.78, 5) is 20.9. The van der Waals surface area contributed by atoms with Crippen LogP contribution in [-0.2, 0) is 6.54 Å². The number of benzene rings is 2. The van der Waals surface area contributed by atoms with Gasteiger partial charge in [0.1, 0.15) is 0 Å². The molecule has 33 heavy (non-hydrogen) atoms. The third kappa shape index (κ3) is 4.67. The fourth-order valence-corrected chi connectivity index (χ4v) is 5.70. The van der Waals surface area contributed by atoms with E-state index < -0.39 is 0 Å². The minimum Gasteiger partial charge on any atom is -0.352 e. The first-order chi connectivity index (χ1) is 16.1. The van der Waals surface area contributed by atoms with Crippen LogP contribution in [0.4, 0.5) is 0 Å². The Bertz CT molecular complexity index is 1280. The highest BCUT2D eigenvalue weighted by Gasteiger charge is 2.14. The summed E-state index contributed by atoms with van der Waals surface area (Å²) >= 11 is 1.61. The second-order valence-corrected chi connectivity index (χ2v) is 9.93. The second kappa shape index (κ2) is 9.63. The fourth-order valence-electron chi connectivity index (χ4n) is 4.66. The van der Waals surface area contributed by atoms with E-state index in [1.807, 2.05) is 18.2 Å². The second-order valence-electron chi connectivity index (χ2n) is 8.92. The Kier molecular flexibility index (Phi) is 6.44. The Morgan fingerprint density at radius 3 is 2.79 bits per heavy atom. The Labute approximate surface area is 198 Å². The van der Waals surface area contributed by atoms with Crippen LogP contribution in [0, 0.1) is 6.92 Å². The molecule has 0 atom stereocenters. The number of nitrogens with zero attached hydrogens (tertiary/aromatic N) is 3. The van der Waals surface area contributed by atoms with E-state index in [4.69, 9.17) is 10.7 Å². The molecule has 6 nitrogen and oxygen atoms in total. The van der Waals surface area contributed by atoms with Crippen molar-refractivity contribution in [1.29, 1.82) is 0 Å². The van der Waals surface area contributed by atoms with E-state index in [1.54, 1.807) is 11.3 Å². The van der Waals surface area contributed by atoms with Crippen molar-refractivity contribution in [3.63, 3.8) is 0 Å². The Morgan fingerprint density at radius 2 is 2.00 bits per heavy atom. The molecule has 7 heteroatoms. The number of piperidine rings is 1. The molecule has 3 heterocycles. The van der Waals surface area contributed by atoms with Crippen molar-refractivity contribution in [1.82, 2.24) is 19.6 Å². The van der Waals surface area contributed by atoms with Gasteiger partial charge < -0.3 is 16.0 Å². The van der Waals surface area contributed by atoms with E-state index >= 15 is 0 Å². The zero-order valence-corrected chi connectivity index (χ0v) is 20.0. The third-order valence-electron chi connectivity index (χ3n) is 6.60. The lowest BCUT2D eigenvalue weighted by Crippen LogP contribution is -2.33. The minimum absolute atomic E-state index is 0.00209. The Hall–Kier alpha value is -2.74. The number of likely N-dealkylation sites (tertiary alicyclic amines) is 1. The first-order valence-corrected chi connectivity index (χ1v) is 12.7. The van der Waals surface area contributed by atoms with Crippen LogP contribution in [0.5, 0.6) is 0 Å². The van der Waals surface area contributed by atoms with Crippen molar-refractivity contribution >= 4 is 32.4 Å². The zero-order valence-electron chi connectivity index (χ0n) is 19.1. The molecule has 1 saturated heterocycles. The molecule has 0 unspecified atom stereocenters. The van der Waals surface area contributed by atoms with E-state index in [2.05, 4.69) is 45.9 Å². The number of hydrogen-bond acceptors (Lipinski definition) is 5. The lowest BCUT2D eigenvalue weighted by Gasteiger charge is -2.26. The molecule has 4 aromatic rings. The molecule has 1 amide bonds. The van der Waals surface area contributed by atoms with E-state index in [1.165, 1.54) is 37.9 Å². The first-order valence-electron chi connectivity index (χ1n) is 11.8. The van der Waals surface area contributed by atoms with Gasteiger partial charge in [0, 0.05) is 30.4 Å². The fraction of sp³-hybridized carbons (Fsp3) is 0.385. The summed E-state index contributed by atoms with van der Waals surface area (Å²) in [5.41, 5.74) is 12.0. The van der Waals surface area contributed by atoms with Crippen LogP contribution in [0.3, 0.4) is 0 Å². The van der Waals surface area contributed by atoms with Crippen molar-refractivity contribution in [2.24, 2.45) is 5.73 Å². The molecule has 1 aliphatic rings. The van der Waals surface area contributed by atoms with Gasteiger partial charge in [0.05, 0.1) is 15.9 Å². The lowest BCUT2D eigenvalue weighted by atomic mass is 10.0. The molecule has 1 fully saturated rings. The topological polar surface area (TPSA) is 75.7 Å². The number of fused-ring (bicyclic) bond motifs is 3. The Morgan fingerprint density at radius 1 is 1.15 bits per heavy atom. The summed E-state index contributed by atoms with van der Waals surface area (Å²) in [5.74, 6) is -0.00209. The van der Waals surface area contributed by atoms with Gasteiger partial charge in [-0.3, -0.25) is 9.20 Å². The highest BCUT2D eigenvalue weighted by atomic mass is 32.1. The van der Waals surface area contributed by atoms with Crippen molar-refractivity contribution < 1.29 is 4.79 Å². The number of nitrogens with one attached hydrogen (secondary N) is 1. The van der Waals surface area contributed by atoms with Gasteiger partial charge in [-0.05, 0) is 81.2 Å². The standard InChI is InChI=1S/C26H31N5OS/c1-18-14-19(6-7-21(18)16-27)22-17-31-23-9-8-20(15-24(23)33-26(31)29-22)25(32)28-10-5-13-30-11-3-2-4-12-30/h6-9,14-15,17H,2-5,10-13,16,27H2,1H3,(H,28,32). The number of aryl methyl sites for hydroxylation is 1. The number of amides is 1. The van der Waals surface area contributed by atoms with Gasteiger partial charge in [-0.15, -0.1) is 0 Å². The van der Waals surface area contributed by atoms with Gasteiger partial charge >= 0.3 is 0 Å². The molecule has 3 N–H and O–H groups in total. The maximum absolute atomic E-state index is 12.7. The van der Waals surface area contributed by atoms with Gasteiger partial charge in [-0.1, -0.05) is 29.9 Å². The zero-order chi connectivity index (χ0) is 22.8. The normalized spacial score (nSPS) is 14.8. The summed E-state index contributed by atoms with van der Waals surface area (Å²) in [5, 5.41) is 3.08. The summed E-state index contributed by atoms with van der Waals surface area (Å²) < 4.78 is 3.18. The van der Waals surface area contributed by atoms with Gasteiger partial charge in [-0.2, -0.15) is 0 Å². The summed E-state index contributed by atoms with van der Waals surface area (Å²) in [7, 11) is 0. The molecular weight excluding hydrogens is 430 g/mol. The SMILES string of the molecule is Cc1cc(-c2cn3c(n2)sc2cc(C(=O)NCCCN4CCCCC4)ccc23)ccc1CN. The molecule has 0 radical (unpaired) electrons. The summed E-state index contributed by atoms with van der Waals surface area (Å²) in [6.07, 6.45) is 7.03. The van der Waals surface area contributed by atoms with Crippen molar-refractivity contribution in [3.8, 4) is 11.3 Å². The van der Waals surface area contributed by atoms with E-state index in [9.17, 15) is 4.79 Å². The van der Waals surface area contributed by atoms with Gasteiger partial charge in [-0.25, -0.2) is 4.98 Å². The predicted molar refractivity (Wildman–Crippen MR) is 136 cm³/mol. The van der Waals surface area contributed by atoms with Gasteiger partial charge in [0.15, 0.2) is 4.96 Å². The van der Waals surface area contributed by atoms with Gasteiger partial charge in [0.25, 0.3) is 5.91 Å². The third-order valence-corrected chi connectivity index (χ3v) is 7.62. The Balaban J connectivity index is 1.27. The number of rotatable bonds is 7. The lowest BCUT2D eigenvalue weighted by molar-refractivity contribution is 0.0951. The minimum atomic E-state index is -0.00209. The highest BCUT2D eigenvalue weighted by Crippen LogP contribution is 2.30. The largest absolute Gasteiger partial charge is 0.352 e. The molecule has 5 rings (SSSR count). The number of carbonyl (C=O) groups is 1. The molecule has 2 aromatic heterocycles. The number of imidazole rings is 1. The number of thiazole rings is 1. The van der Waals surface area contributed by atoms with Crippen LogP contribution in [0.15, 0.2) is 42.6 Å². The van der Waals surface area contributed by atoms with Crippen LogP contribution in [0.1, 0.15) is 47.2 Å². The summed E-state index contributed by atoms with van der Waals surface area (Å²) in [6.45, 7) is 6.81. The monoisotopic (exact) mass is 461 g/mol. The predicted octanol–water partition coefficient (Wildman–Crippen LogP) is 4.59. The maximum Gasteiger partial charge on any atom is 0.251 e. The van der Waals surface area contributed by atoms with Crippen LogP contribution < -0.4 is 11.1 Å². The van der Waals surface area contributed by atoms with E-state index in [-0.39, 0.29) is 5.91 Å². The molecule has 0 bridgehead atoms. The average molecular weight is 462 g/mol. The average Bonchev–Trinajstić information content (AvgIpc) is 3.40. The molecule has 1 aliphatic heterocycles. The van der Waals surface area contributed by atoms with Crippen molar-refractivity contribution in [2.75, 3.05) is 26.2 Å². The van der Waals surface area contributed by atoms with Crippen LogP contribution in [0.25, 0.3) is 26.4 Å². The summed E-state index contributed by atoms with van der Waals surface area (Å²) in [6, 6.07) is 12.2. The maximum atomic E-state index is 12.7. The molecular formula is C26H31N5OS. The molecule has 0 spiro atoms. The first kappa shape index (κ1) is 22.1. The van der Waals surface area contributed by atoms with E-state index in [0.29, 0.717) is 18.7 Å². The molecule has 2 aromatic carbocycles. The number of carbonyl (C=O) groups excluding carboxylic acids is 1. The quantitative estimate of drug-likeness (QED) is 0.395. The van der Waals surface area contributed by atoms with Crippen molar-refractivity contribution in [2.45, 2.75) is 39.2 Å².